The number of allylic oxidation sites excluding steroid dienone is 9. The van der Waals surface area contributed by atoms with Crippen molar-refractivity contribution in [2.24, 2.45) is 0 Å². The second kappa shape index (κ2) is 20.0. The van der Waals surface area contributed by atoms with Gasteiger partial charge in [0.2, 0.25) is 0 Å². The van der Waals surface area contributed by atoms with Crippen LogP contribution in [0.4, 0.5) is 28.4 Å². The summed E-state index contributed by atoms with van der Waals surface area (Å²) in [5.41, 5.74) is 17.0. The maximum atomic E-state index is 3.92. The first-order valence-electron chi connectivity index (χ1n) is 21.3. The number of benzene rings is 7. The summed E-state index contributed by atoms with van der Waals surface area (Å²) in [4.78, 5) is 7.11. The van der Waals surface area contributed by atoms with Crippen LogP contribution in [-0.2, 0) is 0 Å². The molecular formula is C59H52N2S. The molecule has 2 aliphatic rings. The van der Waals surface area contributed by atoms with Gasteiger partial charge in [0.25, 0.3) is 0 Å². The summed E-state index contributed by atoms with van der Waals surface area (Å²) in [7, 11) is 2.16. The lowest BCUT2D eigenvalue weighted by molar-refractivity contribution is 1.05. The van der Waals surface area contributed by atoms with Gasteiger partial charge in [0.15, 0.2) is 0 Å². The van der Waals surface area contributed by atoms with Gasteiger partial charge in [-0.1, -0.05) is 183 Å². The van der Waals surface area contributed by atoms with Gasteiger partial charge in [0.05, 0.1) is 0 Å². The third-order valence-corrected chi connectivity index (χ3v) is 12.3. The SMILES string of the molecule is C=CC1=C(/C=C\C)SC(=C)C1.CN(c1ccccc1)c1ccc(C2=CC=CCC2)cc1-c1ccc(-c2ccc(-c3cccc(N(c4ccccc4)c4ccccc4)c3)cc2)cc1. The molecule has 0 spiro atoms. The van der Waals surface area contributed by atoms with Crippen LogP contribution in [0, 0.1) is 0 Å². The molecular weight excluding hydrogens is 769 g/mol. The Morgan fingerprint density at radius 2 is 1.11 bits per heavy atom. The van der Waals surface area contributed by atoms with Crippen LogP contribution >= 0.6 is 11.8 Å². The fourth-order valence-electron chi connectivity index (χ4n) is 8.04. The Bertz CT molecular complexity index is 2720. The van der Waals surface area contributed by atoms with Crippen molar-refractivity contribution in [3.63, 3.8) is 0 Å². The molecule has 0 fully saturated rings. The molecule has 9 rings (SSSR count). The lowest BCUT2D eigenvalue weighted by atomic mass is 9.92. The van der Waals surface area contributed by atoms with E-state index in [9.17, 15) is 0 Å². The van der Waals surface area contributed by atoms with Crippen molar-refractivity contribution in [1.82, 2.24) is 0 Å². The van der Waals surface area contributed by atoms with E-state index in [0.29, 0.717) is 0 Å². The second-order valence-corrected chi connectivity index (χ2v) is 16.6. The molecule has 3 heteroatoms. The normalized spacial score (nSPS) is 13.4. The summed E-state index contributed by atoms with van der Waals surface area (Å²) in [5, 5.41) is 0. The first-order chi connectivity index (χ1) is 30.5. The van der Waals surface area contributed by atoms with Crippen LogP contribution in [0.2, 0.25) is 0 Å². The number of rotatable bonds is 11. The van der Waals surface area contributed by atoms with Crippen LogP contribution < -0.4 is 9.80 Å². The highest BCUT2D eigenvalue weighted by Gasteiger charge is 2.16. The molecule has 0 saturated heterocycles. The van der Waals surface area contributed by atoms with E-state index in [-0.39, 0.29) is 0 Å². The smallest absolute Gasteiger partial charge is 0.0488 e. The zero-order valence-electron chi connectivity index (χ0n) is 35.6. The lowest BCUT2D eigenvalue weighted by Crippen LogP contribution is -2.10. The molecule has 0 saturated carbocycles. The van der Waals surface area contributed by atoms with Gasteiger partial charge in [0.1, 0.15) is 0 Å². The first-order valence-corrected chi connectivity index (χ1v) is 22.1. The predicted octanol–water partition coefficient (Wildman–Crippen LogP) is 17.3. The largest absolute Gasteiger partial charge is 0.344 e. The standard InChI is InChI=1S/C49H40N2.C10H12S/c1-50(44-18-8-3-9-19-44)49-34-33-43(37-15-6-2-7-16-37)36-48(49)41-31-29-39(30-32-41)38-25-27-40(28-26-38)42-17-14-24-47(35-42)51(45-20-10-4-11-21-45)46-22-12-5-13-23-46;1-4-6-10-9(5-2)7-8(3)11-10/h2-6,8-15,17-36H,7,16H2,1H3;4-6H,2-3,7H2,1H3/b;6-4-. The van der Waals surface area contributed by atoms with Crippen LogP contribution in [0.25, 0.3) is 39.0 Å². The summed E-state index contributed by atoms with van der Waals surface area (Å²) in [5.74, 6) is 0. The molecule has 2 nitrogen and oxygen atoms in total. The number of nitrogens with zero attached hydrogens (tertiary/aromatic N) is 2. The Morgan fingerprint density at radius 3 is 1.68 bits per heavy atom. The van der Waals surface area contributed by atoms with Crippen molar-refractivity contribution < 1.29 is 0 Å². The van der Waals surface area contributed by atoms with Crippen molar-refractivity contribution in [2.75, 3.05) is 16.8 Å². The van der Waals surface area contributed by atoms with Gasteiger partial charge >= 0.3 is 0 Å². The van der Waals surface area contributed by atoms with Crippen molar-refractivity contribution in [3.05, 3.63) is 253 Å². The minimum Gasteiger partial charge on any atom is -0.344 e. The van der Waals surface area contributed by atoms with E-state index in [4.69, 9.17) is 0 Å². The highest BCUT2D eigenvalue weighted by Crippen LogP contribution is 2.42. The molecule has 1 aliphatic carbocycles. The molecule has 304 valence electrons. The number of thioether (sulfide) groups is 1. The minimum atomic E-state index is 0.980. The summed E-state index contributed by atoms with van der Waals surface area (Å²) in [6, 6.07) is 65.4. The highest BCUT2D eigenvalue weighted by molar-refractivity contribution is 8.07. The predicted molar refractivity (Wildman–Crippen MR) is 272 cm³/mol. The molecule has 0 N–H and O–H groups in total. The van der Waals surface area contributed by atoms with Crippen LogP contribution in [0.1, 0.15) is 31.7 Å². The number of para-hydroxylation sites is 3. The summed E-state index contributed by atoms with van der Waals surface area (Å²) in [6.45, 7) is 9.71. The Balaban J connectivity index is 0.000000421. The van der Waals surface area contributed by atoms with Crippen LogP contribution in [0.15, 0.2) is 247 Å². The van der Waals surface area contributed by atoms with E-state index < -0.39 is 0 Å². The Morgan fingerprint density at radius 1 is 0.565 bits per heavy atom. The molecule has 62 heavy (non-hydrogen) atoms. The van der Waals surface area contributed by atoms with Crippen LogP contribution in [0.3, 0.4) is 0 Å². The molecule has 1 aliphatic heterocycles. The van der Waals surface area contributed by atoms with Crippen molar-refractivity contribution in [2.45, 2.75) is 26.2 Å². The van der Waals surface area contributed by atoms with Gasteiger partial charge in [-0.25, -0.2) is 0 Å². The average Bonchev–Trinajstić information content (AvgIpc) is 3.71. The maximum Gasteiger partial charge on any atom is 0.0488 e. The van der Waals surface area contributed by atoms with Crippen molar-refractivity contribution in [3.8, 4) is 33.4 Å². The zero-order valence-corrected chi connectivity index (χ0v) is 36.4. The minimum absolute atomic E-state index is 0.980. The Hall–Kier alpha value is -7.07. The van der Waals surface area contributed by atoms with Gasteiger partial charge in [-0.15, -0.1) is 0 Å². The van der Waals surface area contributed by atoms with Crippen molar-refractivity contribution in [1.29, 1.82) is 0 Å². The Labute approximate surface area is 372 Å². The van der Waals surface area contributed by atoms with E-state index in [1.54, 1.807) is 11.8 Å². The third kappa shape index (κ3) is 9.76. The van der Waals surface area contributed by atoms with Gasteiger partial charge < -0.3 is 9.80 Å². The second-order valence-electron chi connectivity index (χ2n) is 15.4. The number of hydrogen-bond acceptors (Lipinski definition) is 3. The van der Waals surface area contributed by atoms with Crippen LogP contribution in [-0.4, -0.2) is 7.05 Å². The van der Waals surface area contributed by atoms with Gasteiger partial charge in [-0.2, -0.15) is 0 Å². The fourth-order valence-corrected chi connectivity index (χ4v) is 9.07. The quantitative estimate of drug-likeness (QED) is 0.128. The third-order valence-electron chi connectivity index (χ3n) is 11.3. The molecule has 0 aromatic heterocycles. The van der Waals surface area contributed by atoms with E-state index >= 15 is 0 Å². The monoisotopic (exact) mass is 820 g/mol. The molecule has 0 bridgehead atoms. The highest BCUT2D eigenvalue weighted by atomic mass is 32.2. The summed E-state index contributed by atoms with van der Waals surface area (Å²) < 4.78 is 0. The van der Waals surface area contributed by atoms with Gasteiger partial charge in [-0.05, 0) is 130 Å². The molecule has 0 unspecified atom stereocenters. The maximum absolute atomic E-state index is 3.92. The topological polar surface area (TPSA) is 6.48 Å². The number of hydrogen-bond donors (Lipinski definition) is 0. The summed E-state index contributed by atoms with van der Waals surface area (Å²) >= 11 is 1.75. The van der Waals surface area contributed by atoms with E-state index in [0.717, 1.165) is 36.3 Å². The molecule has 0 atom stereocenters. The van der Waals surface area contributed by atoms with E-state index in [1.807, 2.05) is 19.1 Å². The van der Waals surface area contributed by atoms with Crippen LogP contribution in [0.5, 0.6) is 0 Å². The Kier molecular flexibility index (Phi) is 13.4. The van der Waals surface area contributed by atoms with E-state index in [1.165, 1.54) is 71.3 Å². The first kappa shape index (κ1) is 41.7. The zero-order chi connectivity index (χ0) is 42.7. The average molecular weight is 821 g/mol. The van der Waals surface area contributed by atoms with Gasteiger partial charge in [-0.3, -0.25) is 0 Å². The molecule has 0 radical (unpaired) electrons. The fraction of sp³-hybridized carbons (Fsp3) is 0.0847. The molecule has 7 aromatic carbocycles. The molecule has 1 heterocycles. The van der Waals surface area contributed by atoms with Gasteiger partial charge in [0, 0.05) is 52.4 Å². The number of anilines is 5. The van der Waals surface area contributed by atoms with Crippen molar-refractivity contribution >= 4 is 45.8 Å². The molecule has 7 aromatic rings. The summed E-state index contributed by atoms with van der Waals surface area (Å²) in [6.07, 6.45) is 15.9. The molecule has 0 amide bonds. The lowest BCUT2D eigenvalue weighted by Gasteiger charge is -2.26. The van der Waals surface area contributed by atoms with E-state index in [2.05, 4.69) is 236 Å².